The third kappa shape index (κ3) is 3.55. The molecule has 18 heavy (non-hydrogen) atoms. The van der Waals surface area contributed by atoms with Crippen molar-refractivity contribution in [1.82, 2.24) is 0 Å². The molecule has 0 fully saturated rings. The van der Waals surface area contributed by atoms with Crippen molar-refractivity contribution < 1.29 is 8.98 Å². The van der Waals surface area contributed by atoms with Crippen molar-refractivity contribution in [3.63, 3.8) is 0 Å². The first-order valence-corrected chi connectivity index (χ1v) is 7.34. The molecule has 0 bridgehead atoms. The average Bonchev–Trinajstić information content (AvgIpc) is 2.46. The molecule has 0 atom stereocenters. The normalized spacial score (nSPS) is 10.1. The van der Waals surface area contributed by atoms with Gasteiger partial charge in [0.25, 0.3) is 0 Å². The van der Waals surface area contributed by atoms with Crippen molar-refractivity contribution >= 4 is 29.8 Å². The van der Waals surface area contributed by atoms with Crippen LogP contribution >= 0.6 is 23.8 Å². The van der Waals surface area contributed by atoms with Crippen LogP contribution in [0.1, 0.15) is 10.4 Å². The van der Waals surface area contributed by atoms with Crippen molar-refractivity contribution in [2.45, 2.75) is 9.79 Å². The molecule has 0 saturated carbocycles. The number of hydrogen-bond acceptors (Lipinski definition) is 4. The third-order valence-electron chi connectivity index (χ3n) is 2.26. The maximum Gasteiger partial charge on any atom is 0.350 e. The molecule has 0 spiro atoms. The van der Waals surface area contributed by atoms with Crippen molar-refractivity contribution in [3.8, 4) is 0 Å². The molecule has 2 rings (SSSR count). The highest BCUT2D eigenvalue weighted by Crippen LogP contribution is 2.25. The molecule has 2 aromatic rings. The first kappa shape index (κ1) is 13.1. The van der Waals surface area contributed by atoms with Crippen molar-refractivity contribution in [2.75, 3.05) is 6.26 Å². The zero-order chi connectivity index (χ0) is 12.8. The Morgan fingerprint density at radius 3 is 2.44 bits per heavy atom. The zero-order valence-electron chi connectivity index (χ0n) is 9.83. The quantitative estimate of drug-likeness (QED) is 0.615. The number of hydrogen-bond donors (Lipinski definition) is 0. The molecule has 0 saturated heterocycles. The number of thioether (sulfide) groups is 1. The van der Waals surface area contributed by atoms with Crippen LogP contribution in [-0.2, 0) is 4.18 Å². The summed E-state index contributed by atoms with van der Waals surface area (Å²) in [6.07, 6.45) is 2.01. The van der Waals surface area contributed by atoms with Gasteiger partial charge in [-0.15, -0.1) is 11.8 Å². The Kier molecular flexibility index (Phi) is 4.73. The van der Waals surface area contributed by atoms with Crippen LogP contribution in [0.3, 0.4) is 0 Å². The molecule has 0 unspecified atom stereocenters. The summed E-state index contributed by atoms with van der Waals surface area (Å²) in [4.78, 5) is 13.8. The molecule has 2 aromatic carbocycles. The van der Waals surface area contributed by atoms with Crippen LogP contribution < -0.4 is 0 Å². The first-order chi connectivity index (χ1) is 8.79. The number of benzene rings is 2. The van der Waals surface area contributed by atoms with E-state index in [9.17, 15) is 4.79 Å². The van der Waals surface area contributed by atoms with E-state index in [1.807, 2.05) is 48.7 Å². The Balaban J connectivity index is 1.97. The first-order valence-electron chi connectivity index (χ1n) is 5.37. The lowest BCUT2D eigenvalue weighted by atomic mass is 10.2. The minimum absolute atomic E-state index is 0.324. The summed E-state index contributed by atoms with van der Waals surface area (Å²) in [5.41, 5.74) is 0.561. The van der Waals surface area contributed by atoms with Gasteiger partial charge in [-0.2, -0.15) is 0 Å². The number of carbonyl (C=O) groups excluding carboxylic acids is 1. The molecule has 0 amide bonds. The van der Waals surface area contributed by atoms with Crippen LogP contribution in [0.2, 0.25) is 0 Å². The highest BCUT2D eigenvalue weighted by atomic mass is 32.2. The summed E-state index contributed by atoms with van der Waals surface area (Å²) in [6, 6.07) is 16.9. The van der Waals surface area contributed by atoms with E-state index >= 15 is 0 Å². The van der Waals surface area contributed by atoms with Gasteiger partial charge in [0.1, 0.15) is 0 Å². The number of rotatable bonds is 4. The second kappa shape index (κ2) is 6.52. The topological polar surface area (TPSA) is 26.3 Å². The molecule has 92 valence electrons. The highest BCUT2D eigenvalue weighted by Gasteiger charge is 2.07. The lowest BCUT2D eigenvalue weighted by molar-refractivity contribution is 0.0768. The SMILES string of the molecule is CSc1cccc(SOC(=O)c2ccccc2)c1. The van der Waals surface area contributed by atoms with Gasteiger partial charge in [0.15, 0.2) is 0 Å². The predicted molar refractivity (Wildman–Crippen MR) is 75.9 cm³/mol. The summed E-state index contributed by atoms with van der Waals surface area (Å²) in [5, 5.41) is 0. The van der Waals surface area contributed by atoms with Gasteiger partial charge in [-0.05, 0) is 36.6 Å². The molecule has 2 nitrogen and oxygen atoms in total. The van der Waals surface area contributed by atoms with Gasteiger partial charge in [-0.25, -0.2) is 4.79 Å². The van der Waals surface area contributed by atoms with Gasteiger partial charge in [-0.3, -0.25) is 0 Å². The van der Waals surface area contributed by atoms with E-state index in [1.165, 1.54) is 0 Å². The lowest BCUT2D eigenvalue weighted by Crippen LogP contribution is -1.98. The minimum atomic E-state index is -0.324. The molecule has 4 heteroatoms. The summed E-state index contributed by atoms with van der Waals surface area (Å²) in [6.45, 7) is 0. The van der Waals surface area contributed by atoms with Crippen molar-refractivity contribution in [2.24, 2.45) is 0 Å². The standard InChI is InChI=1S/C14H12O2S2/c1-17-12-8-5-9-13(10-12)18-16-14(15)11-6-3-2-4-7-11/h2-10H,1H3. The molecule has 0 aliphatic carbocycles. The van der Waals surface area contributed by atoms with Crippen LogP contribution in [-0.4, -0.2) is 12.2 Å². The van der Waals surface area contributed by atoms with Crippen LogP contribution in [0.4, 0.5) is 0 Å². The van der Waals surface area contributed by atoms with E-state index in [1.54, 1.807) is 23.9 Å². The zero-order valence-corrected chi connectivity index (χ0v) is 11.5. The average molecular weight is 276 g/mol. The second-order valence-corrected chi connectivity index (χ2v) is 5.18. The third-order valence-corrected chi connectivity index (χ3v) is 3.67. The summed E-state index contributed by atoms with van der Waals surface area (Å²) >= 11 is 2.75. The highest BCUT2D eigenvalue weighted by molar-refractivity contribution is 7.98. The summed E-state index contributed by atoms with van der Waals surface area (Å²) in [7, 11) is 0. The number of carbonyl (C=O) groups is 1. The largest absolute Gasteiger partial charge is 0.382 e. The Hall–Kier alpha value is -1.39. The van der Waals surface area contributed by atoms with Crippen LogP contribution in [0.15, 0.2) is 64.4 Å². The maximum atomic E-state index is 11.7. The van der Waals surface area contributed by atoms with Crippen LogP contribution in [0, 0.1) is 0 Å². The smallest absolute Gasteiger partial charge is 0.350 e. The molecular weight excluding hydrogens is 264 g/mol. The van der Waals surface area contributed by atoms with E-state index in [0.717, 1.165) is 21.8 Å². The molecule has 0 aliphatic heterocycles. The van der Waals surface area contributed by atoms with E-state index in [0.29, 0.717) is 5.56 Å². The summed E-state index contributed by atoms with van der Waals surface area (Å²) in [5.74, 6) is -0.324. The molecule has 0 radical (unpaired) electrons. The fourth-order valence-electron chi connectivity index (χ4n) is 1.36. The van der Waals surface area contributed by atoms with E-state index in [2.05, 4.69) is 0 Å². The molecule has 0 heterocycles. The molecule has 0 N–H and O–H groups in total. The van der Waals surface area contributed by atoms with Crippen molar-refractivity contribution in [3.05, 3.63) is 60.2 Å². The Labute approximate surface area is 115 Å². The van der Waals surface area contributed by atoms with E-state index < -0.39 is 0 Å². The molecule has 0 aromatic heterocycles. The van der Waals surface area contributed by atoms with Crippen molar-refractivity contribution in [1.29, 1.82) is 0 Å². The predicted octanol–water partition coefficient (Wildman–Crippen LogP) is 4.27. The van der Waals surface area contributed by atoms with Gasteiger partial charge < -0.3 is 4.18 Å². The second-order valence-electron chi connectivity index (χ2n) is 3.50. The van der Waals surface area contributed by atoms with Crippen LogP contribution in [0.25, 0.3) is 0 Å². The molecular formula is C14H12O2S2. The Bertz CT molecular complexity index is 526. The lowest BCUT2D eigenvalue weighted by Gasteiger charge is -2.03. The monoisotopic (exact) mass is 276 g/mol. The maximum absolute atomic E-state index is 11.7. The van der Waals surface area contributed by atoms with Gasteiger partial charge in [-0.1, -0.05) is 24.3 Å². The van der Waals surface area contributed by atoms with Gasteiger partial charge in [0.05, 0.1) is 17.6 Å². The fourth-order valence-corrected chi connectivity index (χ4v) is 2.47. The van der Waals surface area contributed by atoms with Crippen LogP contribution in [0.5, 0.6) is 0 Å². The van der Waals surface area contributed by atoms with Gasteiger partial charge in [0, 0.05) is 9.79 Å². The molecule has 0 aliphatic rings. The fraction of sp³-hybridized carbons (Fsp3) is 0.0714. The Morgan fingerprint density at radius 2 is 1.72 bits per heavy atom. The van der Waals surface area contributed by atoms with E-state index in [-0.39, 0.29) is 5.97 Å². The summed E-state index contributed by atoms with van der Waals surface area (Å²) < 4.78 is 5.18. The van der Waals surface area contributed by atoms with E-state index in [4.69, 9.17) is 4.18 Å². The minimum Gasteiger partial charge on any atom is -0.382 e. The van der Waals surface area contributed by atoms with Gasteiger partial charge in [0.2, 0.25) is 0 Å². The van der Waals surface area contributed by atoms with Gasteiger partial charge >= 0.3 is 5.97 Å². The Morgan fingerprint density at radius 1 is 1.00 bits per heavy atom.